The summed E-state index contributed by atoms with van der Waals surface area (Å²) in [5.41, 5.74) is 0. The Balaban J connectivity index is 2.53. The molecule has 0 aromatic carbocycles. The van der Waals surface area contributed by atoms with Gasteiger partial charge < -0.3 is 9.47 Å². The van der Waals surface area contributed by atoms with Gasteiger partial charge in [-0.1, -0.05) is 29.6 Å². The highest BCUT2D eigenvalue weighted by atomic mass is 32.2. The average molecular weight is 248 g/mol. The first-order valence-corrected chi connectivity index (χ1v) is 6.78. The quantitative estimate of drug-likeness (QED) is 0.718. The normalized spacial score (nSPS) is 26.2. The minimum Gasteiger partial charge on any atom is -0.348 e. The van der Waals surface area contributed by atoms with Crippen molar-refractivity contribution in [2.24, 2.45) is 0 Å². The van der Waals surface area contributed by atoms with Crippen molar-refractivity contribution in [1.82, 2.24) is 0 Å². The molecule has 1 fully saturated rings. The van der Waals surface area contributed by atoms with Crippen LogP contribution in [0.3, 0.4) is 0 Å². The van der Waals surface area contributed by atoms with E-state index >= 15 is 0 Å². The zero-order chi connectivity index (χ0) is 11.5. The number of carbonyl (C=O) groups excluding carboxylic acids is 1. The van der Waals surface area contributed by atoms with Crippen LogP contribution in [0.15, 0.2) is 12.7 Å². The maximum atomic E-state index is 11.3. The smallest absolute Gasteiger partial charge is 0.246 e. The molecule has 0 N–H and O–H groups in total. The van der Waals surface area contributed by atoms with Crippen molar-refractivity contribution in [2.75, 3.05) is 12.9 Å². The lowest BCUT2D eigenvalue weighted by atomic mass is 10.2. The molecule has 0 spiro atoms. The van der Waals surface area contributed by atoms with Crippen molar-refractivity contribution >= 4 is 28.0 Å². The van der Waals surface area contributed by atoms with Gasteiger partial charge in [-0.15, -0.1) is 6.58 Å². The maximum absolute atomic E-state index is 11.3. The largest absolute Gasteiger partial charge is 0.348 e. The van der Waals surface area contributed by atoms with Crippen LogP contribution < -0.4 is 0 Å². The van der Waals surface area contributed by atoms with E-state index in [9.17, 15) is 4.79 Å². The first kappa shape index (κ1) is 13.1. The second-order valence-corrected chi connectivity index (χ2v) is 5.83. The Morgan fingerprint density at radius 3 is 2.73 bits per heavy atom. The van der Waals surface area contributed by atoms with Gasteiger partial charge in [-0.3, -0.25) is 4.79 Å². The minimum absolute atomic E-state index is 0.0354. The molecule has 15 heavy (non-hydrogen) atoms. The van der Waals surface area contributed by atoms with Crippen molar-refractivity contribution in [3.63, 3.8) is 0 Å². The SMILES string of the molecule is C=CC(SC(=O)SC)[C@H]1COC(C)(C)O1. The van der Waals surface area contributed by atoms with Gasteiger partial charge in [0.25, 0.3) is 0 Å². The van der Waals surface area contributed by atoms with Gasteiger partial charge >= 0.3 is 0 Å². The Morgan fingerprint density at radius 2 is 2.33 bits per heavy atom. The van der Waals surface area contributed by atoms with E-state index in [0.29, 0.717) is 6.61 Å². The average Bonchev–Trinajstić information content (AvgIpc) is 2.54. The van der Waals surface area contributed by atoms with E-state index < -0.39 is 5.79 Å². The lowest BCUT2D eigenvalue weighted by Crippen LogP contribution is -2.27. The van der Waals surface area contributed by atoms with Crippen LogP contribution in [-0.2, 0) is 9.47 Å². The molecule has 3 nitrogen and oxygen atoms in total. The highest BCUT2D eigenvalue weighted by Gasteiger charge is 2.37. The van der Waals surface area contributed by atoms with Gasteiger partial charge in [0.15, 0.2) is 5.79 Å². The van der Waals surface area contributed by atoms with Crippen LogP contribution >= 0.6 is 23.5 Å². The molecule has 0 bridgehead atoms. The molecule has 1 unspecified atom stereocenters. The Bertz CT molecular complexity index is 253. The monoisotopic (exact) mass is 248 g/mol. The number of thioether (sulfide) groups is 2. The van der Waals surface area contributed by atoms with Gasteiger partial charge in [0.1, 0.15) is 6.10 Å². The number of hydrogen-bond donors (Lipinski definition) is 0. The molecule has 1 saturated heterocycles. The predicted molar refractivity (Wildman–Crippen MR) is 65.4 cm³/mol. The van der Waals surface area contributed by atoms with Crippen LogP contribution in [0, 0.1) is 0 Å². The Morgan fingerprint density at radius 1 is 1.67 bits per heavy atom. The third-order valence-electron chi connectivity index (χ3n) is 2.03. The lowest BCUT2D eigenvalue weighted by molar-refractivity contribution is -0.137. The second kappa shape index (κ2) is 5.39. The molecule has 0 radical (unpaired) electrons. The van der Waals surface area contributed by atoms with Gasteiger partial charge in [-0.2, -0.15) is 0 Å². The van der Waals surface area contributed by atoms with Crippen molar-refractivity contribution in [3.8, 4) is 0 Å². The summed E-state index contributed by atoms with van der Waals surface area (Å²) in [5.74, 6) is -0.547. The summed E-state index contributed by atoms with van der Waals surface area (Å²) in [6.07, 6.45) is 3.43. The molecule has 0 aliphatic carbocycles. The summed E-state index contributed by atoms with van der Waals surface area (Å²) in [4.78, 5) is 11.3. The van der Waals surface area contributed by atoms with E-state index in [-0.39, 0.29) is 15.8 Å². The molecule has 1 aliphatic rings. The van der Waals surface area contributed by atoms with Crippen LogP contribution in [-0.4, -0.2) is 34.5 Å². The zero-order valence-electron chi connectivity index (χ0n) is 9.19. The van der Waals surface area contributed by atoms with Crippen LogP contribution in [0.1, 0.15) is 13.8 Å². The Labute approximate surface area is 99.0 Å². The fourth-order valence-electron chi connectivity index (χ4n) is 1.31. The highest BCUT2D eigenvalue weighted by molar-refractivity contribution is 8.38. The molecular weight excluding hydrogens is 232 g/mol. The van der Waals surface area contributed by atoms with Crippen LogP contribution in [0.4, 0.5) is 4.79 Å². The van der Waals surface area contributed by atoms with Crippen molar-refractivity contribution in [2.45, 2.75) is 31.0 Å². The standard InChI is InChI=1S/C10H16O3S2/c1-5-8(15-9(11)14-4)7-6-12-10(2,3)13-7/h5,7-8H,1,6H2,2-4H3/t7-,8?/m1/s1. The number of carbonyl (C=O) groups is 1. The summed E-state index contributed by atoms with van der Waals surface area (Å²) < 4.78 is 11.2. The second-order valence-electron chi connectivity index (χ2n) is 3.64. The number of hydrogen-bond acceptors (Lipinski definition) is 5. The van der Waals surface area contributed by atoms with Crippen molar-refractivity contribution < 1.29 is 14.3 Å². The van der Waals surface area contributed by atoms with Crippen molar-refractivity contribution in [3.05, 3.63) is 12.7 Å². The molecule has 86 valence electrons. The van der Waals surface area contributed by atoms with E-state index in [0.717, 1.165) is 0 Å². The van der Waals surface area contributed by atoms with E-state index in [1.165, 1.54) is 23.5 Å². The van der Waals surface area contributed by atoms with Gasteiger partial charge in [0, 0.05) is 0 Å². The van der Waals surface area contributed by atoms with Gasteiger partial charge in [0.2, 0.25) is 4.45 Å². The molecular formula is C10H16O3S2. The molecule has 0 aromatic rings. The lowest BCUT2D eigenvalue weighted by Gasteiger charge is -2.20. The van der Waals surface area contributed by atoms with E-state index in [2.05, 4.69) is 6.58 Å². The molecule has 1 heterocycles. The van der Waals surface area contributed by atoms with Crippen molar-refractivity contribution in [1.29, 1.82) is 0 Å². The first-order chi connectivity index (χ1) is 6.98. The number of ether oxygens (including phenoxy) is 2. The summed E-state index contributed by atoms with van der Waals surface area (Å²) in [6, 6.07) is 0. The molecule has 0 amide bonds. The summed E-state index contributed by atoms with van der Waals surface area (Å²) >= 11 is 2.45. The fourth-order valence-corrected chi connectivity index (χ4v) is 2.63. The third-order valence-corrected chi connectivity index (χ3v) is 4.11. The molecule has 0 saturated carbocycles. The summed E-state index contributed by atoms with van der Waals surface area (Å²) in [6.45, 7) is 7.97. The van der Waals surface area contributed by atoms with E-state index in [4.69, 9.17) is 9.47 Å². The minimum atomic E-state index is -0.547. The summed E-state index contributed by atoms with van der Waals surface area (Å²) in [5, 5.41) is -0.0354. The van der Waals surface area contributed by atoms with Gasteiger partial charge in [-0.25, -0.2) is 0 Å². The molecule has 0 aromatic heterocycles. The third kappa shape index (κ3) is 3.83. The van der Waals surface area contributed by atoms with E-state index in [1.54, 1.807) is 12.3 Å². The molecule has 1 aliphatic heterocycles. The highest BCUT2D eigenvalue weighted by Crippen LogP contribution is 2.31. The van der Waals surface area contributed by atoms with E-state index in [1.807, 2.05) is 13.8 Å². The van der Waals surface area contributed by atoms with Crippen LogP contribution in [0.2, 0.25) is 0 Å². The maximum Gasteiger partial charge on any atom is 0.246 e. The van der Waals surface area contributed by atoms with Crippen LogP contribution in [0.25, 0.3) is 0 Å². The molecule has 1 rings (SSSR count). The number of rotatable bonds is 3. The van der Waals surface area contributed by atoms with Crippen LogP contribution in [0.5, 0.6) is 0 Å². The Kier molecular flexibility index (Phi) is 4.70. The predicted octanol–water partition coefficient (Wildman–Crippen LogP) is 2.91. The topological polar surface area (TPSA) is 35.5 Å². The molecule has 2 atom stereocenters. The van der Waals surface area contributed by atoms with Gasteiger partial charge in [0.05, 0.1) is 11.9 Å². The Hall–Kier alpha value is 0.0300. The van der Waals surface area contributed by atoms with Gasteiger partial charge in [-0.05, 0) is 20.1 Å². The fraction of sp³-hybridized carbons (Fsp3) is 0.700. The first-order valence-electron chi connectivity index (χ1n) is 4.67. The molecule has 5 heteroatoms. The zero-order valence-corrected chi connectivity index (χ0v) is 10.8. The summed E-state index contributed by atoms with van der Waals surface area (Å²) in [7, 11) is 0.